The van der Waals surface area contributed by atoms with Gasteiger partial charge in [-0.15, -0.1) is 23.5 Å². The van der Waals surface area contributed by atoms with E-state index >= 15 is 0 Å². The largest absolute Gasteiger partial charge is 0.341 e. The summed E-state index contributed by atoms with van der Waals surface area (Å²) in [6.07, 6.45) is 6.73. The van der Waals surface area contributed by atoms with Crippen molar-refractivity contribution in [1.29, 1.82) is 0 Å². The van der Waals surface area contributed by atoms with Crippen molar-refractivity contribution >= 4 is 45.4 Å². The van der Waals surface area contributed by atoms with Crippen LogP contribution in [0.25, 0.3) is 0 Å². The third kappa shape index (κ3) is 4.89. The van der Waals surface area contributed by atoms with Crippen LogP contribution in [0, 0.1) is 5.92 Å². The van der Waals surface area contributed by atoms with Crippen molar-refractivity contribution in [3.8, 4) is 0 Å². The third-order valence-corrected chi connectivity index (χ3v) is 10.4. The molecule has 4 rings (SSSR count). The molecule has 3 aliphatic heterocycles. The molecule has 5 atom stereocenters. The maximum Gasteiger partial charge on any atom is 0.248 e. The number of carbonyl (C=O) groups excluding carboxylic acids is 2. The van der Waals surface area contributed by atoms with Crippen LogP contribution in [0.5, 0.6) is 0 Å². The number of carbonyl (C=O) groups is 2. The van der Waals surface area contributed by atoms with Gasteiger partial charge in [0, 0.05) is 37.5 Å². The van der Waals surface area contributed by atoms with Gasteiger partial charge in [-0.05, 0) is 25.0 Å². The van der Waals surface area contributed by atoms with Crippen molar-refractivity contribution in [2.24, 2.45) is 5.92 Å². The number of nitrogens with zero attached hydrogens (tertiary/aromatic N) is 2. The second kappa shape index (κ2) is 8.94. The standard InChI is InChI=1S/C18H30N4O4S3/c1-29(25,26)22-9-7-21(8-10-22)18(24)12-6-11-27-16(12)20-15(23)17-19-13-4-2-3-5-14(13)28-17/h12-14,16-17,19H,2-11H2,1H3,(H,20,23). The lowest BCUT2D eigenvalue weighted by Gasteiger charge is -2.35. The number of amides is 2. The second-order valence-corrected chi connectivity index (χ2v) is 12.9. The number of hydrogen-bond acceptors (Lipinski definition) is 7. The molecular weight excluding hydrogens is 432 g/mol. The van der Waals surface area contributed by atoms with Crippen molar-refractivity contribution in [2.75, 3.05) is 38.2 Å². The minimum Gasteiger partial charge on any atom is -0.341 e. The zero-order chi connectivity index (χ0) is 20.6. The molecule has 8 nitrogen and oxygen atoms in total. The summed E-state index contributed by atoms with van der Waals surface area (Å²) in [6.45, 7) is 1.51. The maximum atomic E-state index is 13.0. The van der Waals surface area contributed by atoms with Crippen molar-refractivity contribution in [3.05, 3.63) is 0 Å². The quantitative estimate of drug-likeness (QED) is 0.618. The molecule has 29 heavy (non-hydrogen) atoms. The van der Waals surface area contributed by atoms with E-state index in [1.54, 1.807) is 28.4 Å². The van der Waals surface area contributed by atoms with E-state index in [9.17, 15) is 18.0 Å². The summed E-state index contributed by atoms with van der Waals surface area (Å²) in [6, 6.07) is 0.435. The molecule has 5 unspecified atom stereocenters. The maximum absolute atomic E-state index is 13.0. The van der Waals surface area contributed by atoms with Crippen molar-refractivity contribution in [1.82, 2.24) is 19.8 Å². The Kier molecular flexibility index (Phi) is 6.70. The van der Waals surface area contributed by atoms with Gasteiger partial charge in [-0.25, -0.2) is 8.42 Å². The molecule has 1 saturated carbocycles. The topological polar surface area (TPSA) is 98.8 Å². The monoisotopic (exact) mass is 462 g/mol. The molecule has 11 heteroatoms. The van der Waals surface area contributed by atoms with Gasteiger partial charge in [-0.3, -0.25) is 14.9 Å². The lowest BCUT2D eigenvalue weighted by molar-refractivity contribution is -0.137. The Hall–Kier alpha value is -0.490. The Morgan fingerprint density at radius 2 is 1.79 bits per heavy atom. The van der Waals surface area contributed by atoms with Crippen LogP contribution >= 0.6 is 23.5 Å². The number of hydrogen-bond donors (Lipinski definition) is 2. The lowest BCUT2D eigenvalue weighted by Crippen LogP contribution is -2.54. The van der Waals surface area contributed by atoms with Gasteiger partial charge in [-0.2, -0.15) is 4.31 Å². The van der Waals surface area contributed by atoms with Gasteiger partial charge in [0.2, 0.25) is 21.8 Å². The molecule has 3 saturated heterocycles. The van der Waals surface area contributed by atoms with Gasteiger partial charge < -0.3 is 10.2 Å². The van der Waals surface area contributed by atoms with Crippen molar-refractivity contribution in [2.45, 2.75) is 54.1 Å². The first-order valence-corrected chi connectivity index (χ1v) is 14.2. The minimum atomic E-state index is -3.21. The molecule has 0 aromatic rings. The second-order valence-electron chi connectivity index (χ2n) is 8.29. The normalized spacial score (nSPS) is 36.0. The highest BCUT2D eigenvalue weighted by atomic mass is 32.2. The molecule has 4 aliphatic rings. The van der Waals surface area contributed by atoms with Crippen LogP contribution in [-0.2, 0) is 19.6 Å². The van der Waals surface area contributed by atoms with Gasteiger partial charge in [0.25, 0.3) is 0 Å². The van der Waals surface area contributed by atoms with Crippen molar-refractivity contribution < 1.29 is 18.0 Å². The predicted octanol–water partition coefficient (Wildman–Crippen LogP) is 0.259. The molecule has 0 bridgehead atoms. The number of sulfonamides is 1. The van der Waals surface area contributed by atoms with E-state index in [-0.39, 0.29) is 28.5 Å². The van der Waals surface area contributed by atoms with Gasteiger partial charge in [0.15, 0.2) is 0 Å². The first-order valence-electron chi connectivity index (χ1n) is 10.4. The molecule has 164 valence electrons. The molecular formula is C18H30N4O4S3. The fourth-order valence-electron chi connectivity index (χ4n) is 4.67. The summed E-state index contributed by atoms with van der Waals surface area (Å²) in [5.41, 5.74) is 0. The Morgan fingerprint density at radius 3 is 2.48 bits per heavy atom. The van der Waals surface area contributed by atoms with Crippen LogP contribution in [0.4, 0.5) is 0 Å². The lowest BCUT2D eigenvalue weighted by atomic mass is 9.95. The van der Waals surface area contributed by atoms with Crippen LogP contribution in [-0.4, -0.2) is 89.7 Å². The third-order valence-electron chi connectivity index (χ3n) is 6.33. The SMILES string of the molecule is CS(=O)(=O)N1CCN(C(=O)C2CCSC2NC(=O)C2NC3CCCCC3S2)CC1. The zero-order valence-electron chi connectivity index (χ0n) is 16.7. The summed E-state index contributed by atoms with van der Waals surface area (Å²) < 4.78 is 24.8. The predicted molar refractivity (Wildman–Crippen MR) is 116 cm³/mol. The number of piperazine rings is 1. The fourth-order valence-corrected chi connectivity index (χ4v) is 8.33. The highest BCUT2D eigenvalue weighted by Crippen LogP contribution is 2.38. The van der Waals surface area contributed by atoms with E-state index < -0.39 is 10.0 Å². The minimum absolute atomic E-state index is 0.0107. The Morgan fingerprint density at radius 1 is 1.07 bits per heavy atom. The summed E-state index contributed by atoms with van der Waals surface area (Å²) in [4.78, 5) is 27.6. The van der Waals surface area contributed by atoms with Gasteiger partial charge in [0.05, 0.1) is 17.5 Å². The zero-order valence-corrected chi connectivity index (χ0v) is 19.2. The Labute approximate surface area is 181 Å². The molecule has 1 aliphatic carbocycles. The highest BCUT2D eigenvalue weighted by Gasteiger charge is 2.42. The van der Waals surface area contributed by atoms with Crippen molar-refractivity contribution in [3.63, 3.8) is 0 Å². The summed E-state index contributed by atoms with van der Waals surface area (Å²) in [7, 11) is -3.21. The summed E-state index contributed by atoms with van der Waals surface area (Å²) in [5.74, 6) is 0.640. The molecule has 0 aromatic carbocycles. The van der Waals surface area contributed by atoms with Gasteiger partial charge in [-0.1, -0.05) is 12.8 Å². The molecule has 0 spiro atoms. The van der Waals surface area contributed by atoms with Gasteiger partial charge in [0.1, 0.15) is 5.37 Å². The molecule has 4 fully saturated rings. The smallest absolute Gasteiger partial charge is 0.248 e. The van der Waals surface area contributed by atoms with Crippen LogP contribution in [0.15, 0.2) is 0 Å². The number of rotatable bonds is 4. The average molecular weight is 463 g/mol. The summed E-state index contributed by atoms with van der Waals surface area (Å²) in [5, 5.41) is 6.70. The van der Waals surface area contributed by atoms with Gasteiger partial charge >= 0.3 is 0 Å². The number of thioether (sulfide) groups is 2. The summed E-state index contributed by atoms with van der Waals surface area (Å²) >= 11 is 3.37. The van der Waals surface area contributed by atoms with E-state index in [1.807, 2.05) is 0 Å². The highest BCUT2D eigenvalue weighted by molar-refractivity contribution is 8.01. The van der Waals surface area contributed by atoms with Crippen LogP contribution < -0.4 is 10.6 Å². The molecule has 2 N–H and O–H groups in total. The molecule has 0 radical (unpaired) electrons. The Bertz CT molecular complexity index is 727. The average Bonchev–Trinajstić information content (AvgIpc) is 3.33. The van der Waals surface area contributed by atoms with E-state index in [4.69, 9.17) is 0 Å². The van der Waals surface area contributed by atoms with E-state index in [1.165, 1.54) is 29.8 Å². The van der Waals surface area contributed by atoms with Crippen LogP contribution in [0.1, 0.15) is 32.1 Å². The number of fused-ring (bicyclic) bond motifs is 1. The Balaban J connectivity index is 1.31. The number of nitrogens with one attached hydrogen (secondary N) is 2. The molecule has 0 aromatic heterocycles. The van der Waals surface area contributed by atoms with E-state index in [0.717, 1.165) is 18.6 Å². The molecule has 2 amide bonds. The van der Waals surface area contributed by atoms with E-state index in [0.29, 0.717) is 37.5 Å². The first-order chi connectivity index (χ1) is 13.8. The van der Waals surface area contributed by atoms with Crippen LogP contribution in [0.2, 0.25) is 0 Å². The van der Waals surface area contributed by atoms with Crippen LogP contribution in [0.3, 0.4) is 0 Å². The molecule has 3 heterocycles. The fraction of sp³-hybridized carbons (Fsp3) is 0.889. The first kappa shape index (κ1) is 21.7. The van der Waals surface area contributed by atoms with E-state index in [2.05, 4.69) is 10.6 Å².